The Bertz CT molecular complexity index is 2820. The quantitative estimate of drug-likeness (QED) is 0.156. The molecular weight excluding hydrogens is 815 g/mol. The van der Waals surface area contributed by atoms with Gasteiger partial charge in [0.1, 0.15) is 12.0 Å². The van der Waals surface area contributed by atoms with Crippen LogP contribution < -0.4 is 9.80 Å². The number of hydrogen-bond acceptors (Lipinski definition) is 3. The maximum absolute atomic E-state index is 14.3. The molecule has 1 fully saturated rings. The molecule has 0 bridgehead atoms. The summed E-state index contributed by atoms with van der Waals surface area (Å²) >= 11 is 0. The first-order valence-corrected chi connectivity index (χ1v) is 24.9. The zero-order valence-corrected chi connectivity index (χ0v) is 37.9. The van der Waals surface area contributed by atoms with Gasteiger partial charge in [-0.25, -0.2) is 8.78 Å². The van der Waals surface area contributed by atoms with Crippen LogP contribution in [0.1, 0.15) is 94.3 Å². The van der Waals surface area contributed by atoms with E-state index in [9.17, 15) is 8.78 Å². The molecule has 5 unspecified atom stereocenters. The number of allylic oxidation sites excluding steroid dienone is 13. The van der Waals surface area contributed by atoms with Crippen LogP contribution in [0.2, 0.25) is 0 Å². The molecule has 5 atom stereocenters. The summed E-state index contributed by atoms with van der Waals surface area (Å²) in [6.07, 6.45) is 43.1. The minimum atomic E-state index is -0.657. The summed E-state index contributed by atoms with van der Waals surface area (Å²) in [5.74, 6) is 0.639. The minimum absolute atomic E-state index is 0.0228. The lowest BCUT2D eigenvalue weighted by molar-refractivity contribution is 0.209. The highest BCUT2D eigenvalue weighted by Crippen LogP contribution is 2.49. The van der Waals surface area contributed by atoms with Crippen LogP contribution in [-0.4, -0.2) is 33.8 Å². The molecule has 0 spiro atoms. The summed E-state index contributed by atoms with van der Waals surface area (Å²) in [6.45, 7) is 0. The lowest BCUT2D eigenvalue weighted by Gasteiger charge is -2.38. The Morgan fingerprint density at radius 2 is 1.45 bits per heavy atom. The van der Waals surface area contributed by atoms with Crippen molar-refractivity contribution in [3.63, 3.8) is 0 Å². The average molecular weight is 875 g/mol. The maximum Gasteiger partial charge on any atom is 0.100 e. The van der Waals surface area contributed by atoms with Gasteiger partial charge in [0.2, 0.25) is 0 Å². The van der Waals surface area contributed by atoms with Crippen LogP contribution in [0.25, 0.3) is 17.0 Å². The number of hydrogen-bond donors (Lipinski definition) is 0. The molecule has 0 N–H and O–H groups in total. The van der Waals surface area contributed by atoms with Crippen molar-refractivity contribution in [1.29, 1.82) is 0 Å². The molecular formula is C60H60F2N4. The molecule has 1 saturated carbocycles. The highest BCUT2D eigenvalue weighted by molar-refractivity contribution is 5.95. The van der Waals surface area contributed by atoms with E-state index in [-0.39, 0.29) is 29.9 Å². The second-order valence-electron chi connectivity index (χ2n) is 19.7. The van der Waals surface area contributed by atoms with Crippen molar-refractivity contribution in [3.8, 4) is 0 Å². The third-order valence-corrected chi connectivity index (χ3v) is 15.9. The molecule has 2 heterocycles. The van der Waals surface area contributed by atoms with Crippen LogP contribution in [0, 0.1) is 11.8 Å². The molecule has 8 aliphatic rings. The number of rotatable bonds is 9. The van der Waals surface area contributed by atoms with Crippen molar-refractivity contribution in [1.82, 2.24) is 9.47 Å². The van der Waals surface area contributed by atoms with Crippen LogP contribution in [-0.2, 0) is 6.42 Å². The van der Waals surface area contributed by atoms with Gasteiger partial charge in [0.05, 0.1) is 18.1 Å². The SMILES string of the molecule is FC1=CC=C(N2C3=C(C=C(N(c4ccccc4)C4C=CC(C5C=CC(N(c6ccccc6)c6ccc7c(c6)c6c(n7C7CCC(F)CC7)CCC=C6)CC5)=CC4)CC3)C3C=CC=CC32)CC1. The summed E-state index contributed by atoms with van der Waals surface area (Å²) < 4.78 is 31.0. The summed E-state index contributed by atoms with van der Waals surface area (Å²) in [6, 6.07) is 30.1. The maximum atomic E-state index is 14.3. The first-order valence-electron chi connectivity index (χ1n) is 24.9. The first-order chi connectivity index (χ1) is 32.6. The predicted octanol–water partition coefficient (Wildman–Crippen LogP) is 15.2. The minimum Gasteiger partial charge on any atom is -0.341 e. The molecule has 1 aliphatic heterocycles. The monoisotopic (exact) mass is 874 g/mol. The van der Waals surface area contributed by atoms with E-state index in [0.29, 0.717) is 31.2 Å². The predicted molar refractivity (Wildman–Crippen MR) is 269 cm³/mol. The third-order valence-electron chi connectivity index (χ3n) is 15.9. The van der Waals surface area contributed by atoms with Gasteiger partial charge in [0.15, 0.2) is 0 Å². The number of para-hydroxylation sites is 2. The fourth-order valence-electron chi connectivity index (χ4n) is 12.7. The van der Waals surface area contributed by atoms with Gasteiger partial charge in [-0.05, 0) is 149 Å². The molecule has 7 aliphatic carbocycles. The molecule has 0 radical (unpaired) electrons. The normalized spacial score (nSPS) is 27.8. The fraction of sp³-hybridized carbons (Fsp3) is 0.333. The van der Waals surface area contributed by atoms with Crippen molar-refractivity contribution in [2.75, 3.05) is 9.80 Å². The molecule has 4 nitrogen and oxygen atoms in total. The zero-order chi connectivity index (χ0) is 44.1. The molecule has 66 heavy (non-hydrogen) atoms. The van der Waals surface area contributed by atoms with E-state index < -0.39 is 6.17 Å². The van der Waals surface area contributed by atoms with Crippen LogP contribution in [0.5, 0.6) is 0 Å². The van der Waals surface area contributed by atoms with E-state index >= 15 is 0 Å². The van der Waals surface area contributed by atoms with E-state index in [1.165, 1.54) is 67.5 Å². The zero-order valence-electron chi connectivity index (χ0n) is 37.9. The lowest BCUT2D eigenvalue weighted by Crippen LogP contribution is -2.35. The molecule has 4 aromatic rings. The number of aromatic nitrogens is 1. The largest absolute Gasteiger partial charge is 0.341 e. The van der Waals surface area contributed by atoms with Crippen LogP contribution in [0.15, 0.2) is 192 Å². The molecule has 3 aromatic carbocycles. The van der Waals surface area contributed by atoms with E-state index in [4.69, 9.17) is 0 Å². The Balaban J connectivity index is 0.807. The smallest absolute Gasteiger partial charge is 0.100 e. The standard InChI is InChI=1S/C60H60F2N4/c61-43-23-31-49(32-24-43)65-57-17-9-7-15-53(57)55-39-51(35-37-59(55)65)63(45-11-3-1-4-12-45)47-27-19-41(20-28-47)42-21-29-48(30-22-42)64(46-13-5-2-6-14-46)52-36-38-60-56(40-52)54-16-8-10-18-58(54)66(60)50-33-25-44(62)26-34-50/h1-9,11-17,19-21,23,27,29,31,36,38-40,42,44,47-48,50,53,57H,10,18,22,24-26,28,30,32-35,37H2. The van der Waals surface area contributed by atoms with Gasteiger partial charge >= 0.3 is 0 Å². The molecule has 334 valence electrons. The van der Waals surface area contributed by atoms with Crippen LogP contribution >= 0.6 is 0 Å². The van der Waals surface area contributed by atoms with Gasteiger partial charge in [-0.3, -0.25) is 0 Å². The number of benzene rings is 3. The Labute approximate surface area is 389 Å². The van der Waals surface area contributed by atoms with Gasteiger partial charge in [-0.15, -0.1) is 0 Å². The first kappa shape index (κ1) is 41.3. The summed E-state index contributed by atoms with van der Waals surface area (Å²) in [5.41, 5.74) is 14.6. The van der Waals surface area contributed by atoms with E-state index in [1.54, 1.807) is 6.08 Å². The topological polar surface area (TPSA) is 14.7 Å². The summed E-state index contributed by atoms with van der Waals surface area (Å²) in [5, 5.41) is 1.32. The second-order valence-corrected chi connectivity index (χ2v) is 19.7. The highest BCUT2D eigenvalue weighted by atomic mass is 19.1. The van der Waals surface area contributed by atoms with Gasteiger partial charge in [-0.1, -0.05) is 103 Å². The number of alkyl halides is 1. The summed E-state index contributed by atoms with van der Waals surface area (Å²) in [7, 11) is 0. The van der Waals surface area contributed by atoms with Crippen molar-refractivity contribution < 1.29 is 8.78 Å². The number of fused-ring (bicyclic) bond motifs is 5. The number of nitrogens with zero attached hydrogens (tertiary/aromatic N) is 4. The van der Waals surface area contributed by atoms with Crippen molar-refractivity contribution >= 4 is 34.0 Å². The Kier molecular flexibility index (Phi) is 11.0. The molecule has 12 rings (SSSR count). The lowest BCUT2D eigenvalue weighted by atomic mass is 9.83. The fourth-order valence-corrected chi connectivity index (χ4v) is 12.7. The number of halogens is 2. The number of anilines is 3. The average Bonchev–Trinajstić information content (AvgIpc) is 3.88. The van der Waals surface area contributed by atoms with Gasteiger partial charge < -0.3 is 19.3 Å². The molecule has 1 aromatic heterocycles. The molecule has 6 heteroatoms. The van der Waals surface area contributed by atoms with Gasteiger partial charge in [0, 0.05) is 80.6 Å². The Morgan fingerprint density at radius 1 is 0.652 bits per heavy atom. The van der Waals surface area contributed by atoms with E-state index in [1.807, 2.05) is 6.08 Å². The van der Waals surface area contributed by atoms with Crippen LogP contribution in [0.4, 0.5) is 25.8 Å². The highest BCUT2D eigenvalue weighted by Gasteiger charge is 2.42. The van der Waals surface area contributed by atoms with Gasteiger partial charge in [0.25, 0.3) is 0 Å². The van der Waals surface area contributed by atoms with Crippen molar-refractivity contribution in [2.45, 2.75) is 114 Å². The molecule has 0 amide bonds. The van der Waals surface area contributed by atoms with Gasteiger partial charge in [-0.2, -0.15) is 0 Å². The van der Waals surface area contributed by atoms with Crippen molar-refractivity contribution in [3.05, 3.63) is 203 Å². The molecule has 0 saturated heterocycles. The van der Waals surface area contributed by atoms with Crippen LogP contribution in [0.3, 0.4) is 0 Å². The Morgan fingerprint density at radius 3 is 2.20 bits per heavy atom. The van der Waals surface area contributed by atoms with E-state index in [2.05, 4.69) is 171 Å². The van der Waals surface area contributed by atoms with Crippen molar-refractivity contribution in [2.24, 2.45) is 11.8 Å². The summed E-state index contributed by atoms with van der Waals surface area (Å²) in [4.78, 5) is 7.69. The second kappa shape index (κ2) is 17.6. The van der Waals surface area contributed by atoms with E-state index in [0.717, 1.165) is 64.2 Å². The third kappa shape index (κ3) is 7.51. The Hall–Kier alpha value is -6.14.